The molecule has 1 atom stereocenters. The van der Waals surface area contributed by atoms with Crippen molar-refractivity contribution in [2.24, 2.45) is 5.73 Å². The SMILES string of the molecule is N[C@@H](Cc1cnc[nH]1)C(=O)N1CC(Oc2ccc3c(c2C(=O)O)O[B-](O)(O)CC3)C1. The van der Waals surface area contributed by atoms with Crippen LogP contribution in [0.25, 0.3) is 0 Å². The van der Waals surface area contributed by atoms with Gasteiger partial charge in [0.15, 0.2) is 0 Å². The van der Waals surface area contributed by atoms with Gasteiger partial charge in [0, 0.05) is 18.3 Å². The fourth-order valence-electron chi connectivity index (χ4n) is 3.66. The Labute approximate surface area is 171 Å². The third kappa shape index (κ3) is 3.97. The van der Waals surface area contributed by atoms with Crippen molar-refractivity contribution in [1.82, 2.24) is 14.9 Å². The number of nitrogens with one attached hydrogen (secondary N) is 1. The highest BCUT2D eigenvalue weighted by molar-refractivity contribution is 6.59. The molecule has 0 unspecified atom stereocenters. The molecule has 11 nitrogen and oxygen atoms in total. The molecule has 0 spiro atoms. The molecule has 2 aromatic rings. The fraction of sp³-hybridized carbons (Fsp3) is 0.389. The summed E-state index contributed by atoms with van der Waals surface area (Å²) in [5.41, 5.74) is 7.03. The summed E-state index contributed by atoms with van der Waals surface area (Å²) < 4.78 is 10.9. The Hall–Kier alpha value is -3.09. The van der Waals surface area contributed by atoms with Crippen LogP contribution in [0.3, 0.4) is 0 Å². The first-order valence-electron chi connectivity index (χ1n) is 9.60. The smallest absolute Gasteiger partial charge is 0.430 e. The van der Waals surface area contributed by atoms with Crippen molar-refractivity contribution in [1.29, 1.82) is 0 Å². The molecule has 160 valence electrons. The number of aryl methyl sites for hydroxylation is 1. The zero-order valence-corrected chi connectivity index (χ0v) is 16.0. The first-order chi connectivity index (χ1) is 14.2. The van der Waals surface area contributed by atoms with Gasteiger partial charge in [-0.15, -0.1) is 0 Å². The third-order valence-electron chi connectivity index (χ3n) is 5.28. The molecule has 1 saturated heterocycles. The minimum atomic E-state index is -3.11. The molecular weight excluding hydrogens is 395 g/mol. The first-order valence-corrected chi connectivity index (χ1v) is 9.60. The Balaban J connectivity index is 1.41. The second-order valence-electron chi connectivity index (χ2n) is 7.62. The number of carbonyl (C=O) groups excluding carboxylic acids is 1. The van der Waals surface area contributed by atoms with Gasteiger partial charge in [-0.1, -0.05) is 12.4 Å². The van der Waals surface area contributed by atoms with Crippen LogP contribution in [-0.2, 0) is 17.6 Å². The van der Waals surface area contributed by atoms with Gasteiger partial charge in [-0.25, -0.2) is 9.78 Å². The van der Waals surface area contributed by atoms with Crippen LogP contribution in [0.2, 0.25) is 6.32 Å². The first kappa shape index (κ1) is 20.2. The van der Waals surface area contributed by atoms with Crippen molar-refractivity contribution in [2.45, 2.75) is 31.3 Å². The number of ether oxygens (including phenoxy) is 1. The molecule has 4 rings (SSSR count). The summed E-state index contributed by atoms with van der Waals surface area (Å²) in [7, 11) is 0. The Morgan fingerprint density at radius 1 is 1.40 bits per heavy atom. The van der Waals surface area contributed by atoms with Crippen LogP contribution in [0, 0.1) is 0 Å². The molecule has 0 bridgehead atoms. The van der Waals surface area contributed by atoms with Crippen molar-refractivity contribution in [3.05, 3.63) is 41.5 Å². The van der Waals surface area contributed by atoms with Gasteiger partial charge in [0.2, 0.25) is 5.91 Å². The van der Waals surface area contributed by atoms with Crippen molar-refractivity contribution >= 4 is 18.6 Å². The monoisotopic (exact) mass is 417 g/mol. The Kier molecular flexibility index (Phi) is 5.14. The number of nitrogens with two attached hydrogens (primary N) is 1. The lowest BCUT2D eigenvalue weighted by atomic mass is 9.70. The maximum absolute atomic E-state index is 12.4. The second kappa shape index (κ2) is 7.63. The molecule has 30 heavy (non-hydrogen) atoms. The summed E-state index contributed by atoms with van der Waals surface area (Å²) >= 11 is 0. The van der Waals surface area contributed by atoms with E-state index in [-0.39, 0.29) is 48.8 Å². The van der Waals surface area contributed by atoms with E-state index in [2.05, 4.69) is 9.97 Å². The minimum Gasteiger partial charge on any atom is -0.669 e. The molecular formula is C18H22BN4O7-. The third-order valence-corrected chi connectivity index (χ3v) is 5.28. The lowest BCUT2D eigenvalue weighted by molar-refractivity contribution is -0.141. The van der Waals surface area contributed by atoms with Gasteiger partial charge in [0.05, 0.1) is 31.2 Å². The van der Waals surface area contributed by atoms with Crippen LogP contribution in [-0.4, -0.2) is 73.9 Å². The van der Waals surface area contributed by atoms with Crippen LogP contribution in [0.1, 0.15) is 21.6 Å². The standard InChI is InChI=1S/C18H22BN4O7/c20-13(5-11-6-21-9-22-11)17(24)23-7-12(8-23)29-14-2-1-10-3-4-19(27,28)30-16(10)15(14)18(25)26/h1-2,6,9,12-13,27-28H,3-5,7-8,20H2,(H,21,22)(H,25,26)/q-1/t13-/m0/s1. The van der Waals surface area contributed by atoms with Crippen molar-refractivity contribution in [2.75, 3.05) is 13.1 Å². The number of benzene rings is 1. The number of H-pyrrole nitrogens is 1. The number of rotatable bonds is 6. The molecule has 6 N–H and O–H groups in total. The highest BCUT2D eigenvalue weighted by Crippen LogP contribution is 2.38. The maximum atomic E-state index is 12.4. The normalized spacial score (nSPS) is 18.7. The molecule has 0 saturated carbocycles. The summed E-state index contributed by atoms with van der Waals surface area (Å²) in [6.45, 7) is -2.58. The van der Waals surface area contributed by atoms with Crippen molar-refractivity contribution < 1.29 is 34.1 Å². The van der Waals surface area contributed by atoms with Gasteiger partial charge in [0.1, 0.15) is 17.4 Å². The number of carboxylic acids is 1. The Bertz CT molecular complexity index is 960. The van der Waals surface area contributed by atoms with E-state index >= 15 is 0 Å². The number of nitrogens with zero attached hydrogens (tertiary/aromatic N) is 2. The maximum Gasteiger partial charge on any atom is 0.430 e. The number of aromatic nitrogens is 2. The van der Waals surface area contributed by atoms with Crippen LogP contribution in [0.5, 0.6) is 11.5 Å². The summed E-state index contributed by atoms with van der Waals surface area (Å²) in [6, 6.07) is 2.45. The largest absolute Gasteiger partial charge is 0.669 e. The number of carbonyl (C=O) groups is 2. The van der Waals surface area contributed by atoms with Gasteiger partial charge < -0.3 is 40.2 Å². The number of imidazole rings is 1. The zero-order chi connectivity index (χ0) is 21.5. The van der Waals surface area contributed by atoms with Crippen LogP contribution < -0.4 is 15.1 Å². The second-order valence-corrected chi connectivity index (χ2v) is 7.62. The van der Waals surface area contributed by atoms with Gasteiger partial charge in [-0.3, -0.25) is 4.79 Å². The lowest BCUT2D eigenvalue weighted by Crippen LogP contribution is -2.60. The molecule has 1 aromatic heterocycles. The predicted octanol–water partition coefficient (Wildman–Crippen LogP) is -0.874. The number of amides is 1. The molecule has 0 radical (unpaired) electrons. The van der Waals surface area contributed by atoms with Crippen molar-refractivity contribution in [3.63, 3.8) is 0 Å². The molecule has 3 heterocycles. The zero-order valence-electron chi connectivity index (χ0n) is 16.0. The Morgan fingerprint density at radius 3 is 2.83 bits per heavy atom. The molecule has 1 fully saturated rings. The number of hydrogen-bond donors (Lipinski definition) is 5. The van der Waals surface area contributed by atoms with E-state index in [0.29, 0.717) is 12.0 Å². The van der Waals surface area contributed by atoms with E-state index in [0.717, 1.165) is 5.69 Å². The van der Waals surface area contributed by atoms with Crippen LogP contribution in [0.15, 0.2) is 24.7 Å². The lowest BCUT2D eigenvalue weighted by Gasteiger charge is -2.41. The van der Waals surface area contributed by atoms with E-state index < -0.39 is 24.9 Å². The molecule has 2 aliphatic rings. The quantitative estimate of drug-likeness (QED) is 0.375. The number of aromatic carboxylic acids is 1. The molecule has 12 heteroatoms. The predicted molar refractivity (Wildman–Crippen MR) is 104 cm³/mol. The number of hydrogen-bond acceptors (Lipinski definition) is 8. The minimum absolute atomic E-state index is 0.00916. The molecule has 2 aliphatic heterocycles. The number of likely N-dealkylation sites (tertiary alicyclic amines) is 1. The number of aromatic amines is 1. The van der Waals surface area contributed by atoms with Crippen LogP contribution in [0.4, 0.5) is 0 Å². The van der Waals surface area contributed by atoms with Crippen LogP contribution >= 0.6 is 0 Å². The van der Waals surface area contributed by atoms with E-state index in [1.54, 1.807) is 12.3 Å². The molecule has 0 aliphatic carbocycles. The van der Waals surface area contributed by atoms with E-state index in [1.807, 2.05) is 0 Å². The highest BCUT2D eigenvalue weighted by atomic mass is 16.6. The topological polar surface area (TPSA) is 171 Å². The van der Waals surface area contributed by atoms with Crippen molar-refractivity contribution in [3.8, 4) is 11.5 Å². The average Bonchev–Trinajstić information content (AvgIpc) is 3.15. The van der Waals surface area contributed by atoms with Gasteiger partial charge >= 0.3 is 12.7 Å². The van der Waals surface area contributed by atoms with Gasteiger partial charge in [-0.05, 0) is 18.1 Å². The number of carboxylic acid groups (broad SMARTS) is 1. The Morgan fingerprint density at radius 2 is 2.17 bits per heavy atom. The van der Waals surface area contributed by atoms with Gasteiger partial charge in [0.25, 0.3) is 0 Å². The van der Waals surface area contributed by atoms with E-state index in [4.69, 9.17) is 15.1 Å². The molecule has 1 amide bonds. The molecule has 1 aromatic carbocycles. The summed E-state index contributed by atoms with van der Waals surface area (Å²) in [6.07, 6.45) is 3.31. The fourth-order valence-corrected chi connectivity index (χ4v) is 3.66. The average molecular weight is 417 g/mol. The summed E-state index contributed by atoms with van der Waals surface area (Å²) in [5, 5.41) is 29.2. The summed E-state index contributed by atoms with van der Waals surface area (Å²) in [5.74, 6) is -1.58. The van der Waals surface area contributed by atoms with Gasteiger partial charge in [-0.2, -0.15) is 0 Å². The van der Waals surface area contributed by atoms with E-state index in [1.165, 1.54) is 17.3 Å². The summed E-state index contributed by atoms with van der Waals surface area (Å²) in [4.78, 5) is 32.6. The number of fused-ring (bicyclic) bond motifs is 1. The van der Waals surface area contributed by atoms with E-state index in [9.17, 15) is 24.7 Å². The highest BCUT2D eigenvalue weighted by Gasteiger charge is 2.37.